The van der Waals surface area contributed by atoms with Crippen LogP contribution in [0.5, 0.6) is 0 Å². The Balaban J connectivity index is 2.12. The third kappa shape index (κ3) is 2.58. The van der Waals surface area contributed by atoms with Crippen LogP contribution in [0.2, 0.25) is 0 Å². The molecule has 1 aromatic carbocycles. The molecule has 0 radical (unpaired) electrons. The van der Waals surface area contributed by atoms with Crippen molar-refractivity contribution in [2.24, 2.45) is 5.92 Å². The number of carbonyl (C=O) groups is 1. The van der Waals surface area contributed by atoms with Gasteiger partial charge in [-0.1, -0.05) is 30.3 Å². The van der Waals surface area contributed by atoms with E-state index in [-0.39, 0.29) is 12.5 Å². The quantitative estimate of drug-likeness (QED) is 0.834. The lowest BCUT2D eigenvalue weighted by atomic mass is 9.89. The number of ether oxygens (including phenoxy) is 1. The summed E-state index contributed by atoms with van der Waals surface area (Å²) in [5.41, 5.74) is -0.131. The van der Waals surface area contributed by atoms with Crippen molar-refractivity contribution in [3.63, 3.8) is 0 Å². The minimum absolute atomic E-state index is 0.189. The van der Waals surface area contributed by atoms with Gasteiger partial charge in [-0.3, -0.25) is 0 Å². The van der Waals surface area contributed by atoms with E-state index in [2.05, 4.69) is 10.1 Å². The molecule has 1 aliphatic rings. The molecular formula is C13H17NO3. The Kier molecular flexibility index (Phi) is 3.33. The minimum atomic E-state index is -0.977. The molecule has 1 aliphatic carbocycles. The van der Waals surface area contributed by atoms with Crippen molar-refractivity contribution >= 4 is 6.09 Å². The highest BCUT2D eigenvalue weighted by Gasteiger charge is 2.45. The number of aliphatic hydroxyl groups is 1. The van der Waals surface area contributed by atoms with Crippen LogP contribution in [0.4, 0.5) is 4.79 Å². The maximum absolute atomic E-state index is 11.1. The number of benzene rings is 1. The Morgan fingerprint density at radius 1 is 1.47 bits per heavy atom. The number of hydrogen-bond acceptors (Lipinski definition) is 3. The van der Waals surface area contributed by atoms with Crippen LogP contribution in [-0.2, 0) is 10.3 Å². The first kappa shape index (κ1) is 11.9. The molecule has 0 bridgehead atoms. The summed E-state index contributed by atoms with van der Waals surface area (Å²) in [5.74, 6) is 0.224. The summed E-state index contributed by atoms with van der Waals surface area (Å²) in [6.07, 6.45) is 1.47. The largest absolute Gasteiger partial charge is 0.453 e. The maximum Gasteiger partial charge on any atom is 0.406 e. The fourth-order valence-corrected chi connectivity index (χ4v) is 2.05. The second-order valence-corrected chi connectivity index (χ2v) is 4.41. The van der Waals surface area contributed by atoms with E-state index in [0.29, 0.717) is 0 Å². The number of hydrogen-bond donors (Lipinski definition) is 2. The number of rotatable bonds is 4. The molecule has 0 heterocycles. The molecule has 0 spiro atoms. The summed E-state index contributed by atoms with van der Waals surface area (Å²) in [4.78, 5) is 11.1. The lowest BCUT2D eigenvalue weighted by Gasteiger charge is -2.28. The fraction of sp³-hybridized carbons (Fsp3) is 0.462. The van der Waals surface area contributed by atoms with Gasteiger partial charge in [-0.05, 0) is 24.3 Å². The molecule has 0 aliphatic heterocycles. The van der Waals surface area contributed by atoms with Crippen molar-refractivity contribution in [3.05, 3.63) is 35.9 Å². The van der Waals surface area contributed by atoms with Crippen LogP contribution in [0.15, 0.2) is 30.3 Å². The van der Waals surface area contributed by atoms with Crippen LogP contribution < -0.4 is 5.32 Å². The summed E-state index contributed by atoms with van der Waals surface area (Å²) in [6.45, 7) is 0.189. The Hall–Kier alpha value is -1.55. The van der Waals surface area contributed by atoms with Gasteiger partial charge in [-0.2, -0.15) is 0 Å². The minimum Gasteiger partial charge on any atom is -0.453 e. The van der Waals surface area contributed by atoms with Gasteiger partial charge in [0.1, 0.15) is 5.60 Å². The first-order chi connectivity index (χ1) is 8.16. The smallest absolute Gasteiger partial charge is 0.406 e. The van der Waals surface area contributed by atoms with Crippen molar-refractivity contribution in [3.8, 4) is 0 Å². The predicted molar refractivity (Wildman–Crippen MR) is 63.5 cm³/mol. The highest BCUT2D eigenvalue weighted by atomic mass is 16.5. The Morgan fingerprint density at radius 3 is 2.65 bits per heavy atom. The second kappa shape index (κ2) is 4.75. The lowest BCUT2D eigenvalue weighted by molar-refractivity contribution is 0.0135. The second-order valence-electron chi connectivity index (χ2n) is 4.41. The molecule has 2 rings (SSSR count). The molecule has 1 unspecified atom stereocenters. The van der Waals surface area contributed by atoms with Gasteiger partial charge in [0, 0.05) is 0 Å². The average Bonchev–Trinajstić information content (AvgIpc) is 3.21. The van der Waals surface area contributed by atoms with Gasteiger partial charge in [0.25, 0.3) is 0 Å². The number of alkyl carbamates (subject to hydrolysis) is 1. The molecule has 0 saturated heterocycles. The zero-order chi connectivity index (χ0) is 12.3. The number of methoxy groups -OCH3 is 1. The topological polar surface area (TPSA) is 58.6 Å². The Bertz CT molecular complexity index is 389. The monoisotopic (exact) mass is 235 g/mol. The van der Waals surface area contributed by atoms with Gasteiger partial charge in [-0.15, -0.1) is 0 Å². The van der Waals surface area contributed by atoms with Gasteiger partial charge in [0.05, 0.1) is 13.7 Å². The molecule has 0 aromatic heterocycles. The summed E-state index contributed by atoms with van der Waals surface area (Å²) in [5, 5.41) is 13.3. The third-order valence-electron chi connectivity index (χ3n) is 3.21. The van der Waals surface area contributed by atoms with E-state index in [1.165, 1.54) is 7.11 Å². The first-order valence-electron chi connectivity index (χ1n) is 5.76. The third-order valence-corrected chi connectivity index (χ3v) is 3.21. The number of carbonyl (C=O) groups excluding carboxylic acids is 1. The van der Waals surface area contributed by atoms with Gasteiger partial charge >= 0.3 is 6.09 Å². The van der Waals surface area contributed by atoms with E-state index in [9.17, 15) is 9.90 Å². The zero-order valence-electron chi connectivity index (χ0n) is 9.85. The molecule has 17 heavy (non-hydrogen) atoms. The summed E-state index contributed by atoms with van der Waals surface area (Å²) < 4.78 is 4.52. The van der Waals surface area contributed by atoms with E-state index in [4.69, 9.17) is 0 Å². The number of nitrogens with one attached hydrogen (secondary N) is 1. The molecule has 4 heteroatoms. The molecule has 2 N–H and O–H groups in total. The van der Waals surface area contributed by atoms with Crippen LogP contribution in [-0.4, -0.2) is 24.9 Å². The highest BCUT2D eigenvalue weighted by Crippen LogP contribution is 2.45. The predicted octanol–water partition coefficient (Wildman–Crippen LogP) is 1.64. The van der Waals surface area contributed by atoms with Gasteiger partial charge in [-0.25, -0.2) is 4.79 Å². The first-order valence-corrected chi connectivity index (χ1v) is 5.76. The van der Waals surface area contributed by atoms with Crippen LogP contribution in [0.1, 0.15) is 18.4 Å². The lowest BCUT2D eigenvalue weighted by Crippen LogP contribution is -2.42. The molecule has 92 valence electrons. The molecule has 4 nitrogen and oxygen atoms in total. The van der Waals surface area contributed by atoms with E-state index in [1.807, 2.05) is 30.3 Å². The number of amides is 1. The van der Waals surface area contributed by atoms with Crippen LogP contribution in [0.3, 0.4) is 0 Å². The normalized spacial score (nSPS) is 18.2. The van der Waals surface area contributed by atoms with Crippen LogP contribution in [0, 0.1) is 5.92 Å². The van der Waals surface area contributed by atoms with Crippen molar-refractivity contribution in [2.75, 3.05) is 13.7 Å². The van der Waals surface area contributed by atoms with Crippen molar-refractivity contribution in [1.29, 1.82) is 0 Å². The Labute approximate surface area is 101 Å². The summed E-state index contributed by atoms with van der Waals surface area (Å²) in [7, 11) is 1.31. The van der Waals surface area contributed by atoms with Gasteiger partial charge in [0.15, 0.2) is 0 Å². The zero-order valence-corrected chi connectivity index (χ0v) is 9.85. The van der Waals surface area contributed by atoms with Crippen LogP contribution >= 0.6 is 0 Å². The SMILES string of the molecule is COC(=O)NCC(O)(c1ccccc1)C1CC1. The van der Waals surface area contributed by atoms with Crippen molar-refractivity contribution < 1.29 is 14.6 Å². The standard InChI is InChI=1S/C13H17NO3/c1-17-12(15)14-9-13(16,11-7-8-11)10-5-3-2-4-6-10/h2-6,11,16H,7-9H2,1H3,(H,14,15). The van der Waals surface area contributed by atoms with E-state index in [1.54, 1.807) is 0 Å². The summed E-state index contributed by atoms with van der Waals surface area (Å²) in [6, 6.07) is 9.46. The Morgan fingerprint density at radius 2 is 2.12 bits per heavy atom. The molecule has 1 fully saturated rings. The highest BCUT2D eigenvalue weighted by molar-refractivity contribution is 5.67. The van der Waals surface area contributed by atoms with E-state index < -0.39 is 11.7 Å². The van der Waals surface area contributed by atoms with Crippen molar-refractivity contribution in [1.82, 2.24) is 5.32 Å². The van der Waals surface area contributed by atoms with Crippen molar-refractivity contribution in [2.45, 2.75) is 18.4 Å². The molecule has 1 saturated carbocycles. The molecular weight excluding hydrogens is 218 g/mol. The fourth-order valence-electron chi connectivity index (χ4n) is 2.05. The van der Waals surface area contributed by atoms with Gasteiger partial charge < -0.3 is 15.2 Å². The van der Waals surface area contributed by atoms with E-state index in [0.717, 1.165) is 18.4 Å². The van der Waals surface area contributed by atoms with E-state index >= 15 is 0 Å². The average molecular weight is 235 g/mol. The molecule has 1 aromatic rings. The van der Waals surface area contributed by atoms with Gasteiger partial charge in [0.2, 0.25) is 0 Å². The van der Waals surface area contributed by atoms with Crippen LogP contribution in [0.25, 0.3) is 0 Å². The maximum atomic E-state index is 11.1. The summed E-state index contributed by atoms with van der Waals surface area (Å²) >= 11 is 0. The molecule has 1 atom stereocenters. The molecule has 1 amide bonds.